The largest absolute Gasteiger partial charge is 0.381 e. The molecule has 1 atom stereocenters. The molecule has 20 heavy (non-hydrogen) atoms. The average Bonchev–Trinajstić information content (AvgIpc) is 3.08. The van der Waals surface area contributed by atoms with Crippen molar-refractivity contribution >= 4 is 15.7 Å². The van der Waals surface area contributed by atoms with Crippen molar-refractivity contribution in [3.63, 3.8) is 0 Å². The molecule has 0 bridgehead atoms. The standard InChI is InChI=1S/C14H23NO4S/c1-2-19-8-12-5-6-20(17,18)14(12)9-15(10-14)13(16)7-11-3-4-11/h11-12H,2-10H2,1H3/t12-/m1/s1. The van der Waals surface area contributed by atoms with Gasteiger partial charge in [-0.3, -0.25) is 4.79 Å². The number of carbonyl (C=O) groups is 1. The first-order chi connectivity index (χ1) is 9.48. The van der Waals surface area contributed by atoms with E-state index in [0.717, 1.165) is 12.8 Å². The van der Waals surface area contributed by atoms with Crippen molar-refractivity contribution in [2.75, 3.05) is 32.1 Å². The Kier molecular flexibility index (Phi) is 3.57. The summed E-state index contributed by atoms with van der Waals surface area (Å²) in [5.41, 5.74) is 0. The molecule has 0 aromatic rings. The smallest absolute Gasteiger partial charge is 0.222 e. The van der Waals surface area contributed by atoms with Gasteiger partial charge in [0.15, 0.2) is 9.84 Å². The lowest BCUT2D eigenvalue weighted by Gasteiger charge is -2.50. The fourth-order valence-corrected chi connectivity index (χ4v) is 5.84. The Bertz CT molecular complexity index is 491. The van der Waals surface area contributed by atoms with Crippen LogP contribution >= 0.6 is 0 Å². The molecular weight excluding hydrogens is 278 g/mol. The fraction of sp³-hybridized carbons (Fsp3) is 0.929. The van der Waals surface area contributed by atoms with Gasteiger partial charge < -0.3 is 9.64 Å². The molecule has 3 aliphatic rings. The van der Waals surface area contributed by atoms with Crippen LogP contribution in [0.25, 0.3) is 0 Å². The minimum absolute atomic E-state index is 0.0532. The molecule has 3 rings (SSSR count). The molecule has 0 unspecified atom stereocenters. The topological polar surface area (TPSA) is 63.7 Å². The molecule has 1 aliphatic carbocycles. The van der Waals surface area contributed by atoms with Crippen LogP contribution in [0.15, 0.2) is 0 Å². The van der Waals surface area contributed by atoms with Crippen LogP contribution in [0.4, 0.5) is 0 Å². The molecule has 2 saturated heterocycles. The van der Waals surface area contributed by atoms with Gasteiger partial charge in [0.1, 0.15) is 4.75 Å². The van der Waals surface area contributed by atoms with Crippen LogP contribution in [0.3, 0.4) is 0 Å². The van der Waals surface area contributed by atoms with Crippen molar-refractivity contribution < 1.29 is 17.9 Å². The Morgan fingerprint density at radius 2 is 2.00 bits per heavy atom. The van der Waals surface area contributed by atoms with Gasteiger partial charge in [-0.05, 0) is 32.1 Å². The summed E-state index contributed by atoms with van der Waals surface area (Å²) in [7, 11) is -3.08. The lowest BCUT2D eigenvalue weighted by molar-refractivity contribution is -0.138. The summed E-state index contributed by atoms with van der Waals surface area (Å²) in [5.74, 6) is 0.987. The summed E-state index contributed by atoms with van der Waals surface area (Å²) in [5, 5.41) is 0. The molecule has 2 aliphatic heterocycles. The summed E-state index contributed by atoms with van der Waals surface area (Å²) in [4.78, 5) is 13.8. The van der Waals surface area contributed by atoms with Crippen LogP contribution in [0.5, 0.6) is 0 Å². The van der Waals surface area contributed by atoms with Gasteiger partial charge in [-0.2, -0.15) is 0 Å². The third-order valence-electron chi connectivity index (χ3n) is 5.05. The average molecular weight is 301 g/mol. The van der Waals surface area contributed by atoms with Gasteiger partial charge in [0.2, 0.25) is 5.91 Å². The molecule has 2 heterocycles. The quantitative estimate of drug-likeness (QED) is 0.755. The second kappa shape index (κ2) is 4.98. The van der Waals surface area contributed by atoms with Gasteiger partial charge in [0, 0.05) is 32.0 Å². The van der Waals surface area contributed by atoms with Crippen molar-refractivity contribution in [3.05, 3.63) is 0 Å². The molecule has 1 spiro atoms. The zero-order chi connectivity index (χ0) is 14.4. The fourth-order valence-electron chi connectivity index (χ4n) is 3.44. The Hall–Kier alpha value is -0.620. The van der Waals surface area contributed by atoms with Gasteiger partial charge in [-0.25, -0.2) is 8.42 Å². The number of hydrogen-bond acceptors (Lipinski definition) is 4. The van der Waals surface area contributed by atoms with Crippen LogP contribution in [0.1, 0.15) is 32.6 Å². The maximum Gasteiger partial charge on any atom is 0.222 e. The summed E-state index contributed by atoms with van der Waals surface area (Å²) in [6.07, 6.45) is 3.57. The molecule has 0 aromatic heterocycles. The zero-order valence-electron chi connectivity index (χ0n) is 12.0. The van der Waals surface area contributed by atoms with E-state index in [1.807, 2.05) is 6.92 Å². The molecule has 6 heteroatoms. The molecule has 1 saturated carbocycles. The van der Waals surface area contributed by atoms with Crippen LogP contribution in [-0.4, -0.2) is 56.0 Å². The number of rotatable bonds is 5. The minimum Gasteiger partial charge on any atom is -0.381 e. The monoisotopic (exact) mass is 301 g/mol. The summed E-state index contributed by atoms with van der Waals surface area (Å²) < 4.78 is 29.4. The lowest BCUT2D eigenvalue weighted by Crippen LogP contribution is -2.68. The van der Waals surface area contributed by atoms with E-state index in [0.29, 0.717) is 45.1 Å². The third kappa shape index (κ3) is 2.26. The second-order valence-electron chi connectivity index (χ2n) is 6.43. The summed E-state index contributed by atoms with van der Waals surface area (Å²) >= 11 is 0. The number of hydrogen-bond donors (Lipinski definition) is 0. The first-order valence-electron chi connectivity index (χ1n) is 7.56. The number of carbonyl (C=O) groups excluding carboxylic acids is 1. The highest BCUT2D eigenvalue weighted by Gasteiger charge is 2.62. The summed E-state index contributed by atoms with van der Waals surface area (Å²) in [6.45, 7) is 3.80. The van der Waals surface area contributed by atoms with Crippen molar-refractivity contribution in [2.45, 2.75) is 37.4 Å². The molecule has 0 N–H and O–H groups in total. The van der Waals surface area contributed by atoms with E-state index in [-0.39, 0.29) is 17.6 Å². The number of ether oxygens (including phenoxy) is 1. The van der Waals surface area contributed by atoms with E-state index in [9.17, 15) is 13.2 Å². The number of nitrogens with zero attached hydrogens (tertiary/aromatic N) is 1. The molecule has 1 amide bonds. The first kappa shape index (κ1) is 14.3. The number of sulfone groups is 1. The molecule has 114 valence electrons. The SMILES string of the molecule is CCOC[C@H]1CCS(=O)(=O)C12CN(C(=O)CC1CC1)C2. The predicted molar refractivity (Wildman–Crippen MR) is 75.0 cm³/mol. The van der Waals surface area contributed by atoms with Gasteiger partial charge >= 0.3 is 0 Å². The van der Waals surface area contributed by atoms with Crippen LogP contribution in [0, 0.1) is 11.8 Å². The highest BCUT2D eigenvalue weighted by Crippen LogP contribution is 2.45. The van der Waals surface area contributed by atoms with E-state index >= 15 is 0 Å². The van der Waals surface area contributed by atoms with Crippen molar-refractivity contribution in [2.24, 2.45) is 11.8 Å². The van der Waals surface area contributed by atoms with Gasteiger partial charge in [-0.1, -0.05) is 0 Å². The number of amides is 1. The maximum atomic E-state index is 12.3. The van der Waals surface area contributed by atoms with Gasteiger partial charge in [0.25, 0.3) is 0 Å². The van der Waals surface area contributed by atoms with E-state index in [2.05, 4.69) is 0 Å². The molecule has 0 aromatic carbocycles. The second-order valence-corrected chi connectivity index (χ2v) is 8.88. The third-order valence-corrected chi connectivity index (χ3v) is 7.65. The van der Waals surface area contributed by atoms with Gasteiger partial charge in [0.05, 0.1) is 12.4 Å². The van der Waals surface area contributed by atoms with Gasteiger partial charge in [-0.15, -0.1) is 0 Å². The zero-order valence-corrected chi connectivity index (χ0v) is 12.8. The van der Waals surface area contributed by atoms with Crippen LogP contribution in [0.2, 0.25) is 0 Å². The van der Waals surface area contributed by atoms with E-state index in [4.69, 9.17) is 4.74 Å². The maximum absolute atomic E-state index is 12.3. The highest BCUT2D eigenvalue weighted by atomic mass is 32.2. The Balaban J connectivity index is 1.65. The predicted octanol–water partition coefficient (Wildman–Crippen LogP) is 0.839. The Labute approximate surface area is 120 Å². The minimum atomic E-state index is -3.08. The summed E-state index contributed by atoms with van der Waals surface area (Å²) in [6, 6.07) is 0. The first-order valence-corrected chi connectivity index (χ1v) is 9.21. The molecule has 3 fully saturated rings. The van der Waals surface area contributed by atoms with E-state index in [1.54, 1.807) is 4.90 Å². The van der Waals surface area contributed by atoms with E-state index < -0.39 is 14.6 Å². The lowest BCUT2D eigenvalue weighted by atomic mass is 9.83. The molecular formula is C14H23NO4S. The van der Waals surface area contributed by atoms with Crippen molar-refractivity contribution in [3.8, 4) is 0 Å². The Morgan fingerprint density at radius 1 is 1.30 bits per heavy atom. The van der Waals surface area contributed by atoms with Crippen molar-refractivity contribution in [1.82, 2.24) is 4.90 Å². The molecule has 5 nitrogen and oxygen atoms in total. The highest BCUT2D eigenvalue weighted by molar-refractivity contribution is 7.93. The Morgan fingerprint density at radius 3 is 2.60 bits per heavy atom. The van der Waals surface area contributed by atoms with Crippen LogP contribution < -0.4 is 0 Å². The van der Waals surface area contributed by atoms with Crippen LogP contribution in [-0.2, 0) is 19.4 Å². The normalized spacial score (nSPS) is 30.4. The van der Waals surface area contributed by atoms with Crippen molar-refractivity contribution in [1.29, 1.82) is 0 Å². The molecule has 0 radical (unpaired) electrons. The van der Waals surface area contributed by atoms with E-state index in [1.165, 1.54) is 0 Å². The number of likely N-dealkylation sites (tertiary alicyclic amines) is 1.